The van der Waals surface area contributed by atoms with Crippen LogP contribution < -0.4 is 5.73 Å². The molecule has 0 aliphatic carbocycles. The molecule has 3 heteroatoms. The average Bonchev–Trinajstić information content (AvgIpc) is 2.03. The number of rotatable bonds is 2. The van der Waals surface area contributed by atoms with Gasteiger partial charge in [-0.05, 0) is 18.6 Å². The minimum absolute atomic E-state index is 0.178. The lowest BCUT2D eigenvalue weighted by molar-refractivity contribution is 0.460. The number of phenolic OH excluding ortho intramolecular Hbond substituents is 1. The Bertz CT molecular complexity index is 255. The first-order valence-corrected chi connectivity index (χ1v) is 4.27. The van der Waals surface area contributed by atoms with Crippen LogP contribution in [0.25, 0.3) is 0 Å². The topological polar surface area (TPSA) is 46.2 Å². The summed E-state index contributed by atoms with van der Waals surface area (Å²) in [4.78, 5) is 0. The Morgan fingerprint density at radius 2 is 2.25 bits per heavy atom. The van der Waals surface area contributed by atoms with Crippen LogP contribution in [-0.4, -0.2) is 5.11 Å². The van der Waals surface area contributed by atoms with Crippen molar-refractivity contribution in [2.45, 2.75) is 19.4 Å². The van der Waals surface area contributed by atoms with Crippen molar-refractivity contribution in [3.05, 3.63) is 28.8 Å². The molecule has 0 saturated heterocycles. The summed E-state index contributed by atoms with van der Waals surface area (Å²) in [5.74, 6) is 0.178. The zero-order valence-electron chi connectivity index (χ0n) is 6.92. The number of benzene rings is 1. The van der Waals surface area contributed by atoms with E-state index in [1.54, 1.807) is 18.2 Å². The van der Waals surface area contributed by atoms with Gasteiger partial charge in [-0.2, -0.15) is 0 Å². The number of nitrogens with two attached hydrogens (primary N) is 1. The van der Waals surface area contributed by atoms with Crippen LogP contribution in [-0.2, 0) is 0 Å². The predicted octanol–water partition coefficient (Wildman–Crippen LogP) is 2.46. The second kappa shape index (κ2) is 3.78. The summed E-state index contributed by atoms with van der Waals surface area (Å²) in [5.41, 5.74) is 6.39. The molecule has 3 N–H and O–H groups in total. The van der Waals surface area contributed by atoms with Crippen molar-refractivity contribution in [1.29, 1.82) is 0 Å². The highest BCUT2D eigenvalue weighted by atomic mass is 35.5. The van der Waals surface area contributed by atoms with E-state index >= 15 is 0 Å². The summed E-state index contributed by atoms with van der Waals surface area (Å²) in [6, 6.07) is 4.84. The molecule has 66 valence electrons. The summed E-state index contributed by atoms with van der Waals surface area (Å²) < 4.78 is 0. The molecule has 0 bridgehead atoms. The zero-order chi connectivity index (χ0) is 9.14. The van der Waals surface area contributed by atoms with Gasteiger partial charge in [0.05, 0.1) is 0 Å². The van der Waals surface area contributed by atoms with Gasteiger partial charge in [0.2, 0.25) is 0 Å². The quantitative estimate of drug-likeness (QED) is 0.744. The maximum Gasteiger partial charge on any atom is 0.121 e. The molecule has 0 aliphatic rings. The second-order valence-corrected chi connectivity index (χ2v) is 3.09. The Hall–Kier alpha value is -0.730. The van der Waals surface area contributed by atoms with Crippen LogP contribution in [0.4, 0.5) is 0 Å². The molecule has 0 saturated carbocycles. The van der Waals surface area contributed by atoms with Gasteiger partial charge in [0.25, 0.3) is 0 Å². The maximum absolute atomic E-state index is 9.43. The van der Waals surface area contributed by atoms with Crippen molar-refractivity contribution in [2.75, 3.05) is 0 Å². The van der Waals surface area contributed by atoms with Crippen LogP contribution in [0.3, 0.4) is 0 Å². The Labute approximate surface area is 77.0 Å². The van der Waals surface area contributed by atoms with Crippen LogP contribution in [0.1, 0.15) is 24.9 Å². The van der Waals surface area contributed by atoms with Crippen LogP contribution in [0.5, 0.6) is 5.75 Å². The van der Waals surface area contributed by atoms with Crippen LogP contribution in [0.2, 0.25) is 5.02 Å². The summed E-state index contributed by atoms with van der Waals surface area (Å²) in [6.07, 6.45) is 0.761. The lowest BCUT2D eigenvalue weighted by Gasteiger charge is -2.12. The molecule has 0 unspecified atom stereocenters. The van der Waals surface area contributed by atoms with Gasteiger partial charge in [0.1, 0.15) is 5.75 Å². The second-order valence-electron chi connectivity index (χ2n) is 2.69. The highest BCUT2D eigenvalue weighted by molar-refractivity contribution is 6.31. The van der Waals surface area contributed by atoms with Crippen molar-refractivity contribution < 1.29 is 5.11 Å². The van der Waals surface area contributed by atoms with Gasteiger partial charge in [0, 0.05) is 16.6 Å². The summed E-state index contributed by atoms with van der Waals surface area (Å²) >= 11 is 5.86. The van der Waals surface area contributed by atoms with Crippen molar-refractivity contribution >= 4 is 11.6 Å². The number of hydrogen-bond acceptors (Lipinski definition) is 2. The van der Waals surface area contributed by atoms with E-state index in [4.69, 9.17) is 17.3 Å². The Kier molecular flexibility index (Phi) is 2.95. The first-order valence-electron chi connectivity index (χ1n) is 3.89. The number of hydrogen-bond donors (Lipinski definition) is 2. The fraction of sp³-hybridized carbons (Fsp3) is 0.333. The third-order valence-electron chi connectivity index (χ3n) is 1.84. The fourth-order valence-corrected chi connectivity index (χ4v) is 1.41. The van der Waals surface area contributed by atoms with E-state index in [-0.39, 0.29) is 11.8 Å². The molecular formula is C9H12ClNO. The molecule has 1 aromatic carbocycles. The lowest BCUT2D eigenvalue weighted by atomic mass is 10.0. The van der Waals surface area contributed by atoms with Crippen molar-refractivity contribution in [3.63, 3.8) is 0 Å². The zero-order valence-corrected chi connectivity index (χ0v) is 7.67. The van der Waals surface area contributed by atoms with E-state index in [1.807, 2.05) is 6.92 Å². The predicted molar refractivity (Wildman–Crippen MR) is 50.3 cm³/mol. The van der Waals surface area contributed by atoms with E-state index in [0.717, 1.165) is 6.42 Å². The minimum atomic E-state index is -0.182. The highest BCUT2D eigenvalue weighted by Gasteiger charge is 2.11. The molecule has 2 nitrogen and oxygen atoms in total. The number of phenols is 1. The van der Waals surface area contributed by atoms with Crippen LogP contribution in [0, 0.1) is 0 Å². The van der Waals surface area contributed by atoms with Crippen LogP contribution in [0.15, 0.2) is 18.2 Å². The average molecular weight is 186 g/mol. The maximum atomic E-state index is 9.43. The Morgan fingerprint density at radius 3 is 2.75 bits per heavy atom. The summed E-state index contributed by atoms with van der Waals surface area (Å²) in [6.45, 7) is 1.95. The largest absolute Gasteiger partial charge is 0.508 e. The summed E-state index contributed by atoms with van der Waals surface area (Å²) in [7, 11) is 0. The van der Waals surface area contributed by atoms with E-state index in [0.29, 0.717) is 10.6 Å². The van der Waals surface area contributed by atoms with Gasteiger partial charge in [-0.1, -0.05) is 24.6 Å². The van der Waals surface area contributed by atoms with E-state index in [2.05, 4.69) is 0 Å². The molecule has 0 aliphatic heterocycles. The minimum Gasteiger partial charge on any atom is -0.508 e. The first-order chi connectivity index (χ1) is 5.66. The van der Waals surface area contributed by atoms with E-state index < -0.39 is 0 Å². The van der Waals surface area contributed by atoms with Gasteiger partial charge in [-0.25, -0.2) is 0 Å². The first kappa shape index (κ1) is 9.36. The molecule has 0 radical (unpaired) electrons. The molecule has 1 aromatic rings. The van der Waals surface area contributed by atoms with Gasteiger partial charge in [-0.15, -0.1) is 0 Å². The molecule has 12 heavy (non-hydrogen) atoms. The normalized spacial score (nSPS) is 12.9. The van der Waals surface area contributed by atoms with Crippen molar-refractivity contribution in [3.8, 4) is 5.75 Å². The highest BCUT2D eigenvalue weighted by Crippen LogP contribution is 2.31. The Morgan fingerprint density at radius 1 is 1.58 bits per heavy atom. The van der Waals surface area contributed by atoms with Crippen molar-refractivity contribution in [1.82, 2.24) is 0 Å². The molecule has 0 heterocycles. The molecule has 0 spiro atoms. The third kappa shape index (κ3) is 1.71. The SMILES string of the molecule is CC[C@@H](N)c1c(O)cccc1Cl. The van der Waals surface area contributed by atoms with Crippen molar-refractivity contribution in [2.24, 2.45) is 5.73 Å². The third-order valence-corrected chi connectivity index (χ3v) is 2.17. The van der Waals surface area contributed by atoms with Gasteiger partial charge < -0.3 is 10.8 Å². The van der Waals surface area contributed by atoms with E-state index in [1.165, 1.54) is 0 Å². The number of aromatic hydroxyl groups is 1. The van der Waals surface area contributed by atoms with Gasteiger partial charge in [0.15, 0.2) is 0 Å². The fourth-order valence-electron chi connectivity index (χ4n) is 1.10. The molecule has 1 atom stereocenters. The standard InChI is InChI=1S/C9H12ClNO/c1-2-7(11)9-6(10)4-3-5-8(9)12/h3-5,7,12H,2,11H2,1H3/t7-/m1/s1. The molecule has 0 fully saturated rings. The monoisotopic (exact) mass is 185 g/mol. The van der Waals surface area contributed by atoms with Gasteiger partial charge >= 0.3 is 0 Å². The smallest absolute Gasteiger partial charge is 0.121 e. The Balaban J connectivity index is 3.12. The molecule has 0 amide bonds. The number of halogens is 1. The molecular weight excluding hydrogens is 174 g/mol. The van der Waals surface area contributed by atoms with Crippen LogP contribution >= 0.6 is 11.6 Å². The molecule has 0 aromatic heterocycles. The molecule has 1 rings (SSSR count). The lowest BCUT2D eigenvalue weighted by Crippen LogP contribution is -2.09. The van der Waals surface area contributed by atoms with Gasteiger partial charge in [-0.3, -0.25) is 0 Å². The van der Waals surface area contributed by atoms with E-state index in [9.17, 15) is 5.11 Å². The summed E-state index contributed by atoms with van der Waals surface area (Å²) in [5, 5.41) is 9.96.